The molecule has 0 saturated carbocycles. The predicted molar refractivity (Wildman–Crippen MR) is 84.9 cm³/mol. The summed E-state index contributed by atoms with van der Waals surface area (Å²) in [6.07, 6.45) is 0.942. The molecule has 2 aliphatic heterocycles. The average molecular weight is 322 g/mol. The van der Waals surface area contributed by atoms with Crippen LogP contribution in [-0.4, -0.2) is 61.5 Å². The Kier molecular flexibility index (Phi) is 4.23. The van der Waals surface area contributed by atoms with Crippen molar-refractivity contribution in [2.45, 2.75) is 13.3 Å². The van der Waals surface area contributed by atoms with E-state index < -0.39 is 0 Å². The molecule has 5 nitrogen and oxygen atoms in total. The fraction of sp³-hybridized carbons (Fsp3) is 0.625. The summed E-state index contributed by atoms with van der Waals surface area (Å²) in [6.45, 7) is 5.12. The zero-order valence-electron chi connectivity index (χ0n) is 13.1. The molecule has 2 fully saturated rings. The van der Waals surface area contributed by atoms with Crippen LogP contribution in [0.25, 0.3) is 0 Å². The summed E-state index contributed by atoms with van der Waals surface area (Å²) in [5.74, 6) is 0.623. The molecule has 2 amide bonds. The van der Waals surface area contributed by atoms with Gasteiger partial charge in [0.1, 0.15) is 0 Å². The van der Waals surface area contributed by atoms with E-state index in [2.05, 4.69) is 0 Å². The molecule has 2 aliphatic rings. The highest BCUT2D eigenvalue weighted by atomic mass is 32.1. The van der Waals surface area contributed by atoms with Crippen molar-refractivity contribution < 1.29 is 14.3 Å². The van der Waals surface area contributed by atoms with Crippen LogP contribution in [0.5, 0.6) is 0 Å². The highest BCUT2D eigenvalue weighted by Gasteiger charge is 2.51. The Bertz CT molecular complexity index is 560. The molecule has 0 N–H and O–H groups in total. The number of piperidine rings is 1. The number of hydrogen-bond acceptors (Lipinski definition) is 4. The first-order valence-electron chi connectivity index (χ1n) is 7.63. The largest absolute Gasteiger partial charge is 0.384 e. The van der Waals surface area contributed by atoms with E-state index in [1.54, 1.807) is 14.0 Å². The van der Waals surface area contributed by atoms with Crippen molar-refractivity contribution in [1.82, 2.24) is 9.80 Å². The molecule has 1 aromatic heterocycles. The summed E-state index contributed by atoms with van der Waals surface area (Å²) in [6, 6.07) is 3.78. The maximum Gasteiger partial charge on any atom is 0.263 e. The number of amides is 2. The summed E-state index contributed by atoms with van der Waals surface area (Å²) < 4.78 is 5.46. The lowest BCUT2D eigenvalue weighted by Crippen LogP contribution is -2.52. The maximum absolute atomic E-state index is 12.6. The summed E-state index contributed by atoms with van der Waals surface area (Å²) >= 11 is 1.48. The van der Waals surface area contributed by atoms with Crippen LogP contribution in [0.15, 0.2) is 17.5 Å². The Hall–Kier alpha value is -1.40. The highest BCUT2D eigenvalue weighted by Crippen LogP contribution is 2.43. The molecule has 0 bridgehead atoms. The van der Waals surface area contributed by atoms with Crippen LogP contribution in [0, 0.1) is 11.3 Å². The Morgan fingerprint density at radius 3 is 2.82 bits per heavy atom. The number of hydrogen-bond donors (Lipinski definition) is 0. The van der Waals surface area contributed by atoms with Gasteiger partial charge in [-0.3, -0.25) is 9.59 Å². The molecule has 22 heavy (non-hydrogen) atoms. The van der Waals surface area contributed by atoms with Crippen LogP contribution < -0.4 is 0 Å². The van der Waals surface area contributed by atoms with Gasteiger partial charge in [-0.25, -0.2) is 0 Å². The standard InChI is InChI=1S/C16H22N2O3S/c1-12(19)17-6-5-13-8-18(10-16(13,9-17)11-21-2)15(20)14-4-3-7-22-14/h3-4,7,13H,5-6,8-11H2,1-2H3/t13-,16+/m1/s1. The number of rotatable bonds is 3. The number of methoxy groups -OCH3 is 1. The molecular weight excluding hydrogens is 300 g/mol. The minimum absolute atomic E-state index is 0.106. The number of likely N-dealkylation sites (tertiary alicyclic amines) is 2. The first-order valence-corrected chi connectivity index (χ1v) is 8.51. The van der Waals surface area contributed by atoms with Crippen LogP contribution in [0.2, 0.25) is 0 Å². The number of fused-ring (bicyclic) bond motifs is 1. The Morgan fingerprint density at radius 2 is 2.18 bits per heavy atom. The average Bonchev–Trinajstić information content (AvgIpc) is 3.13. The molecule has 6 heteroatoms. The van der Waals surface area contributed by atoms with E-state index in [4.69, 9.17) is 4.74 Å². The van der Waals surface area contributed by atoms with Gasteiger partial charge in [0.15, 0.2) is 0 Å². The third kappa shape index (κ3) is 2.65. The van der Waals surface area contributed by atoms with Gasteiger partial charge < -0.3 is 14.5 Å². The zero-order chi connectivity index (χ0) is 15.7. The van der Waals surface area contributed by atoms with Crippen molar-refractivity contribution in [2.75, 3.05) is 39.9 Å². The lowest BCUT2D eigenvalue weighted by atomic mass is 9.74. The van der Waals surface area contributed by atoms with Gasteiger partial charge in [-0.15, -0.1) is 11.3 Å². The third-order valence-corrected chi connectivity index (χ3v) is 5.82. The topological polar surface area (TPSA) is 49.9 Å². The quantitative estimate of drug-likeness (QED) is 0.851. The SMILES string of the molecule is COC[C@@]12CN(C(C)=O)CC[C@@H]1CN(C(=O)c1cccs1)C2. The van der Waals surface area contributed by atoms with Crippen molar-refractivity contribution in [2.24, 2.45) is 11.3 Å². The van der Waals surface area contributed by atoms with Gasteiger partial charge in [0.25, 0.3) is 5.91 Å². The summed E-state index contributed by atoms with van der Waals surface area (Å²) in [4.78, 5) is 29.0. The van der Waals surface area contributed by atoms with Gasteiger partial charge >= 0.3 is 0 Å². The molecule has 0 unspecified atom stereocenters. The smallest absolute Gasteiger partial charge is 0.263 e. The minimum atomic E-state index is -0.119. The van der Waals surface area contributed by atoms with Crippen molar-refractivity contribution in [3.63, 3.8) is 0 Å². The molecule has 2 atom stereocenters. The first-order chi connectivity index (χ1) is 10.6. The summed E-state index contributed by atoms with van der Waals surface area (Å²) in [5, 5.41) is 1.93. The monoisotopic (exact) mass is 322 g/mol. The molecule has 2 saturated heterocycles. The fourth-order valence-electron chi connectivity index (χ4n) is 3.86. The van der Waals surface area contributed by atoms with Gasteiger partial charge in [0.05, 0.1) is 11.5 Å². The molecular formula is C16H22N2O3S. The third-order valence-electron chi connectivity index (χ3n) is 4.96. The van der Waals surface area contributed by atoms with Crippen LogP contribution in [0.3, 0.4) is 0 Å². The van der Waals surface area contributed by atoms with Crippen LogP contribution in [0.4, 0.5) is 0 Å². The molecule has 1 aromatic rings. The molecule has 0 spiro atoms. The molecule has 120 valence electrons. The molecule has 3 rings (SSSR count). The van der Waals surface area contributed by atoms with Gasteiger partial charge in [-0.2, -0.15) is 0 Å². The Morgan fingerprint density at radius 1 is 1.41 bits per heavy atom. The Labute approximate surface area is 134 Å². The van der Waals surface area contributed by atoms with Gasteiger partial charge in [0, 0.05) is 45.6 Å². The second kappa shape index (κ2) is 6.01. The maximum atomic E-state index is 12.6. The lowest BCUT2D eigenvalue weighted by Gasteiger charge is -2.43. The molecule has 3 heterocycles. The van der Waals surface area contributed by atoms with E-state index in [9.17, 15) is 9.59 Å². The number of thiophene rings is 1. The zero-order valence-corrected chi connectivity index (χ0v) is 13.9. The minimum Gasteiger partial charge on any atom is -0.384 e. The van der Waals surface area contributed by atoms with E-state index in [1.165, 1.54) is 11.3 Å². The van der Waals surface area contributed by atoms with Crippen molar-refractivity contribution in [1.29, 1.82) is 0 Å². The number of carbonyl (C=O) groups excluding carboxylic acids is 2. The fourth-order valence-corrected chi connectivity index (χ4v) is 4.55. The second-order valence-electron chi connectivity index (χ2n) is 6.38. The lowest BCUT2D eigenvalue weighted by molar-refractivity contribution is -0.134. The van der Waals surface area contributed by atoms with Crippen molar-refractivity contribution >= 4 is 23.2 Å². The summed E-state index contributed by atoms with van der Waals surface area (Å²) in [7, 11) is 1.70. The first kappa shape index (κ1) is 15.5. The predicted octanol–water partition coefficient (Wildman–Crippen LogP) is 1.71. The van der Waals surface area contributed by atoms with Gasteiger partial charge in [-0.05, 0) is 23.8 Å². The van der Waals surface area contributed by atoms with E-state index in [0.717, 1.165) is 24.4 Å². The second-order valence-corrected chi connectivity index (χ2v) is 7.33. The normalized spacial score (nSPS) is 27.8. The number of nitrogens with zero attached hydrogens (tertiary/aromatic N) is 2. The number of carbonyl (C=O) groups is 2. The van der Waals surface area contributed by atoms with Crippen LogP contribution in [-0.2, 0) is 9.53 Å². The van der Waals surface area contributed by atoms with Crippen molar-refractivity contribution in [3.8, 4) is 0 Å². The number of ether oxygens (including phenoxy) is 1. The summed E-state index contributed by atoms with van der Waals surface area (Å²) in [5.41, 5.74) is -0.119. The Balaban J connectivity index is 1.80. The van der Waals surface area contributed by atoms with Crippen molar-refractivity contribution in [3.05, 3.63) is 22.4 Å². The van der Waals surface area contributed by atoms with Crippen LogP contribution >= 0.6 is 11.3 Å². The molecule has 0 aromatic carbocycles. The highest BCUT2D eigenvalue weighted by molar-refractivity contribution is 7.12. The van der Waals surface area contributed by atoms with E-state index in [0.29, 0.717) is 25.6 Å². The van der Waals surface area contributed by atoms with Gasteiger partial charge in [-0.1, -0.05) is 6.07 Å². The van der Waals surface area contributed by atoms with Gasteiger partial charge in [0.2, 0.25) is 5.91 Å². The van der Waals surface area contributed by atoms with E-state index >= 15 is 0 Å². The molecule has 0 radical (unpaired) electrons. The van der Waals surface area contributed by atoms with E-state index in [1.807, 2.05) is 27.3 Å². The van der Waals surface area contributed by atoms with Crippen LogP contribution in [0.1, 0.15) is 23.0 Å². The molecule has 0 aliphatic carbocycles. The van der Waals surface area contributed by atoms with E-state index in [-0.39, 0.29) is 17.2 Å².